The van der Waals surface area contributed by atoms with Gasteiger partial charge in [-0.15, -0.1) is 5.10 Å². The van der Waals surface area contributed by atoms with Crippen LogP contribution in [0, 0.1) is 6.92 Å². The van der Waals surface area contributed by atoms with Crippen LogP contribution in [0.1, 0.15) is 12.6 Å². The van der Waals surface area contributed by atoms with Crippen LogP contribution in [0.2, 0.25) is 0 Å². The van der Waals surface area contributed by atoms with Gasteiger partial charge in [-0.3, -0.25) is 0 Å². The van der Waals surface area contributed by atoms with Gasteiger partial charge in [0.2, 0.25) is 14.9 Å². The van der Waals surface area contributed by atoms with Crippen LogP contribution in [0.4, 0.5) is 0 Å². The Morgan fingerprint density at radius 2 is 1.71 bits per heavy atom. The monoisotopic (exact) mass is 343 g/mol. The van der Waals surface area contributed by atoms with Crippen LogP contribution >= 0.6 is 0 Å². The lowest BCUT2D eigenvalue weighted by atomic mass is 10.3. The van der Waals surface area contributed by atoms with E-state index in [1.807, 2.05) is 31.2 Å². The van der Waals surface area contributed by atoms with Gasteiger partial charge in [-0.2, -0.15) is 0 Å². The molecule has 0 atom stereocenters. The van der Waals surface area contributed by atoms with E-state index in [9.17, 15) is 8.42 Å². The minimum absolute atomic E-state index is 0.0556. The summed E-state index contributed by atoms with van der Waals surface area (Å²) in [5.41, 5.74) is 1.09. The van der Waals surface area contributed by atoms with Crippen LogP contribution in [-0.4, -0.2) is 30.0 Å². The highest BCUT2D eigenvalue weighted by atomic mass is 32.2. The molecule has 7 heteroatoms. The highest BCUT2D eigenvalue weighted by molar-refractivity contribution is 7.91. The molecule has 0 unspecified atom stereocenters. The minimum atomic E-state index is -3.72. The predicted molar refractivity (Wildman–Crippen MR) is 89.2 cm³/mol. The lowest BCUT2D eigenvalue weighted by molar-refractivity contribution is 0.338. The Balaban J connectivity index is 2.11. The Kier molecular flexibility index (Phi) is 4.35. The second-order valence-electron chi connectivity index (χ2n) is 5.11. The fourth-order valence-electron chi connectivity index (χ4n) is 2.41. The molecule has 6 nitrogen and oxygen atoms in total. The number of para-hydroxylation sites is 2. The Morgan fingerprint density at radius 1 is 1.04 bits per heavy atom. The van der Waals surface area contributed by atoms with Gasteiger partial charge in [0.1, 0.15) is 11.4 Å². The third-order valence-corrected chi connectivity index (χ3v) is 5.33. The number of aromatic nitrogens is 3. The summed E-state index contributed by atoms with van der Waals surface area (Å²) < 4.78 is 32.6. The van der Waals surface area contributed by atoms with Crippen molar-refractivity contribution in [3.05, 3.63) is 60.3 Å². The maximum Gasteiger partial charge on any atom is 0.227 e. The average Bonchev–Trinajstić information content (AvgIpc) is 2.99. The molecule has 0 spiro atoms. The summed E-state index contributed by atoms with van der Waals surface area (Å²) in [6.45, 7) is 4.06. The van der Waals surface area contributed by atoms with Crippen LogP contribution in [0.3, 0.4) is 0 Å². The minimum Gasteiger partial charge on any atom is -0.492 e. The summed E-state index contributed by atoms with van der Waals surface area (Å²) in [6.07, 6.45) is 0. The van der Waals surface area contributed by atoms with E-state index in [1.165, 1.54) is 4.68 Å². The standard InChI is InChI=1S/C17H17N3O3S/c1-3-23-16-12-8-7-11-15(16)20-13(2)17(18-19-20)24(21,22)14-9-5-4-6-10-14/h4-12H,3H2,1-2H3. The molecule has 3 rings (SSSR count). The first-order valence-electron chi connectivity index (χ1n) is 7.50. The number of sulfone groups is 1. The van der Waals surface area contributed by atoms with E-state index >= 15 is 0 Å². The molecule has 0 saturated carbocycles. The normalized spacial score (nSPS) is 11.4. The number of ether oxygens (including phenoxy) is 1. The quantitative estimate of drug-likeness (QED) is 0.712. The van der Waals surface area contributed by atoms with Crippen molar-refractivity contribution in [2.24, 2.45) is 0 Å². The number of rotatable bonds is 5. The highest BCUT2D eigenvalue weighted by Crippen LogP contribution is 2.27. The third-order valence-electron chi connectivity index (χ3n) is 3.55. The van der Waals surface area contributed by atoms with Crippen molar-refractivity contribution in [2.75, 3.05) is 6.61 Å². The molecule has 0 N–H and O–H groups in total. The van der Waals surface area contributed by atoms with Crippen molar-refractivity contribution < 1.29 is 13.2 Å². The zero-order valence-corrected chi connectivity index (χ0v) is 14.2. The molecule has 0 aliphatic heterocycles. The Bertz CT molecular complexity index is 950. The molecule has 0 fully saturated rings. The van der Waals surface area contributed by atoms with Gasteiger partial charge in [-0.1, -0.05) is 35.5 Å². The van der Waals surface area contributed by atoms with Gasteiger partial charge >= 0.3 is 0 Å². The predicted octanol–water partition coefficient (Wildman–Crippen LogP) is 2.81. The molecule has 0 aliphatic rings. The molecule has 0 radical (unpaired) electrons. The number of hydrogen-bond donors (Lipinski definition) is 0. The topological polar surface area (TPSA) is 74.1 Å². The van der Waals surface area contributed by atoms with Gasteiger partial charge in [-0.25, -0.2) is 13.1 Å². The smallest absolute Gasteiger partial charge is 0.227 e. The van der Waals surface area contributed by atoms with E-state index in [-0.39, 0.29) is 9.92 Å². The molecule has 3 aromatic rings. The first-order chi connectivity index (χ1) is 11.6. The lowest BCUT2D eigenvalue weighted by Crippen LogP contribution is -2.06. The van der Waals surface area contributed by atoms with E-state index in [0.29, 0.717) is 23.7 Å². The zero-order valence-electron chi connectivity index (χ0n) is 13.4. The second kappa shape index (κ2) is 6.45. The van der Waals surface area contributed by atoms with Gasteiger partial charge in [0.25, 0.3) is 0 Å². The van der Waals surface area contributed by atoms with Crippen molar-refractivity contribution in [3.63, 3.8) is 0 Å². The summed E-state index contributed by atoms with van der Waals surface area (Å²) in [5, 5.41) is 7.88. The number of hydrogen-bond acceptors (Lipinski definition) is 5. The van der Waals surface area contributed by atoms with E-state index < -0.39 is 9.84 Å². The Hall–Kier alpha value is -2.67. The molecule has 1 heterocycles. The highest BCUT2D eigenvalue weighted by Gasteiger charge is 2.26. The maximum atomic E-state index is 12.8. The summed E-state index contributed by atoms with van der Waals surface area (Å²) in [5.74, 6) is 0.622. The van der Waals surface area contributed by atoms with Crippen molar-refractivity contribution in [3.8, 4) is 11.4 Å². The molecule has 1 aromatic heterocycles. The first-order valence-corrected chi connectivity index (χ1v) is 8.98. The summed E-state index contributed by atoms with van der Waals surface area (Å²) in [6, 6.07) is 15.5. The second-order valence-corrected chi connectivity index (χ2v) is 6.97. The van der Waals surface area contributed by atoms with E-state index in [2.05, 4.69) is 10.3 Å². The summed E-state index contributed by atoms with van der Waals surface area (Å²) >= 11 is 0. The van der Waals surface area contributed by atoms with Crippen molar-refractivity contribution >= 4 is 9.84 Å². The Labute approximate surface area is 140 Å². The van der Waals surface area contributed by atoms with E-state index in [1.54, 1.807) is 37.3 Å². The molecule has 124 valence electrons. The van der Waals surface area contributed by atoms with Crippen LogP contribution in [0.5, 0.6) is 5.75 Å². The van der Waals surface area contributed by atoms with Gasteiger partial charge in [0.05, 0.1) is 17.2 Å². The number of nitrogens with zero attached hydrogens (tertiary/aromatic N) is 3. The van der Waals surface area contributed by atoms with Crippen molar-refractivity contribution in [1.82, 2.24) is 15.0 Å². The van der Waals surface area contributed by atoms with E-state index in [0.717, 1.165) is 0 Å². The molecule has 24 heavy (non-hydrogen) atoms. The van der Waals surface area contributed by atoms with Crippen LogP contribution in [0.15, 0.2) is 64.5 Å². The fourth-order valence-corrected chi connectivity index (χ4v) is 3.77. The molecule has 0 bridgehead atoms. The largest absolute Gasteiger partial charge is 0.492 e. The summed E-state index contributed by atoms with van der Waals surface area (Å²) in [7, 11) is -3.72. The molecule has 0 aliphatic carbocycles. The van der Waals surface area contributed by atoms with Crippen LogP contribution < -0.4 is 4.74 Å². The molecular weight excluding hydrogens is 326 g/mol. The van der Waals surface area contributed by atoms with Crippen LogP contribution in [-0.2, 0) is 9.84 Å². The van der Waals surface area contributed by atoms with Crippen molar-refractivity contribution in [1.29, 1.82) is 0 Å². The molecule has 0 saturated heterocycles. The maximum absolute atomic E-state index is 12.8. The van der Waals surface area contributed by atoms with Crippen LogP contribution in [0.25, 0.3) is 5.69 Å². The van der Waals surface area contributed by atoms with Crippen molar-refractivity contribution in [2.45, 2.75) is 23.8 Å². The zero-order chi connectivity index (χ0) is 17.2. The number of benzene rings is 2. The molecule has 0 amide bonds. The molecule has 2 aromatic carbocycles. The average molecular weight is 343 g/mol. The van der Waals surface area contributed by atoms with Gasteiger partial charge in [-0.05, 0) is 38.1 Å². The first kappa shape index (κ1) is 16.2. The fraction of sp³-hybridized carbons (Fsp3) is 0.176. The van der Waals surface area contributed by atoms with Gasteiger partial charge < -0.3 is 4.74 Å². The van der Waals surface area contributed by atoms with E-state index in [4.69, 9.17) is 4.74 Å². The SMILES string of the molecule is CCOc1ccccc1-n1nnc(S(=O)(=O)c2ccccc2)c1C. The Morgan fingerprint density at radius 3 is 2.42 bits per heavy atom. The molecular formula is C17H17N3O3S. The third kappa shape index (κ3) is 2.78. The van der Waals surface area contributed by atoms with Gasteiger partial charge in [0, 0.05) is 0 Å². The summed E-state index contributed by atoms with van der Waals surface area (Å²) in [4.78, 5) is 0.193. The van der Waals surface area contributed by atoms with Gasteiger partial charge in [0.15, 0.2) is 0 Å². The lowest BCUT2D eigenvalue weighted by Gasteiger charge is -2.10.